The quantitative estimate of drug-likeness (QED) is 0.432. The molecule has 0 amide bonds. The van der Waals surface area contributed by atoms with Gasteiger partial charge in [0.1, 0.15) is 0 Å². The van der Waals surface area contributed by atoms with Crippen molar-refractivity contribution in [1.29, 1.82) is 0 Å². The molecule has 82 valence electrons. The summed E-state index contributed by atoms with van der Waals surface area (Å²) in [6.07, 6.45) is 4.15. The fraction of sp³-hybridized carbons (Fsp3) is 0. The molecule has 0 spiro atoms. The van der Waals surface area contributed by atoms with Gasteiger partial charge >= 0.3 is 108 Å². The van der Waals surface area contributed by atoms with Gasteiger partial charge in [-0.1, -0.05) is 0 Å². The molecular weight excluding hydrogens is 405 g/mol. The molecule has 4 rings (SSSR count). The number of nitrogens with one attached hydrogen (secondary N) is 2. The van der Waals surface area contributed by atoms with Crippen molar-refractivity contribution in [2.75, 3.05) is 0 Å². The molecule has 3 heterocycles. The molecule has 3 heteroatoms. The summed E-state index contributed by atoms with van der Waals surface area (Å²) in [5.74, 6) is 0. The van der Waals surface area contributed by atoms with E-state index in [-0.39, 0.29) is 0 Å². The maximum absolute atomic E-state index is 3.47. The van der Waals surface area contributed by atoms with Crippen molar-refractivity contribution in [3.05, 3.63) is 54.9 Å². The van der Waals surface area contributed by atoms with Gasteiger partial charge in [0.15, 0.2) is 0 Å². The zero-order valence-electron chi connectivity index (χ0n) is 9.14. The Morgan fingerprint density at radius 2 is 1.29 bits per heavy atom. The number of H-pyrrole nitrogens is 2. The van der Waals surface area contributed by atoms with E-state index in [9.17, 15) is 0 Å². The fourth-order valence-electron chi connectivity index (χ4n) is 2.47. The molecule has 1 aliphatic rings. The summed E-state index contributed by atoms with van der Waals surface area (Å²) in [7, 11) is 0. The SMILES string of the molecule is c1cc[c]([Bi]2[c]3[nH]ccc3-c3cc[nH][c]32)cc1. The van der Waals surface area contributed by atoms with Crippen molar-refractivity contribution >= 4 is 31.8 Å². The number of hydrogen-bond acceptors (Lipinski definition) is 0. The topological polar surface area (TPSA) is 31.6 Å². The van der Waals surface area contributed by atoms with E-state index in [0.717, 1.165) is 0 Å². The zero-order chi connectivity index (χ0) is 11.2. The third-order valence-electron chi connectivity index (χ3n) is 3.20. The van der Waals surface area contributed by atoms with E-state index in [1.165, 1.54) is 21.2 Å². The molecule has 2 nitrogen and oxygen atoms in total. The third-order valence-corrected chi connectivity index (χ3v) is 12.7. The van der Waals surface area contributed by atoms with Crippen LogP contribution < -0.4 is 10.1 Å². The fourth-order valence-corrected chi connectivity index (χ4v) is 12.2. The minimum absolute atomic E-state index is 1.42. The monoisotopic (exact) mass is 416 g/mol. The van der Waals surface area contributed by atoms with Crippen molar-refractivity contribution in [2.45, 2.75) is 0 Å². The first-order chi connectivity index (χ1) is 8.45. The average molecular weight is 416 g/mol. The Morgan fingerprint density at radius 3 is 1.88 bits per heavy atom. The first-order valence-electron chi connectivity index (χ1n) is 5.65. The van der Waals surface area contributed by atoms with Gasteiger partial charge in [0.25, 0.3) is 0 Å². The van der Waals surface area contributed by atoms with E-state index in [1.807, 2.05) is 0 Å². The van der Waals surface area contributed by atoms with Gasteiger partial charge in [0.05, 0.1) is 0 Å². The molecule has 0 saturated heterocycles. The Labute approximate surface area is 107 Å². The van der Waals surface area contributed by atoms with Crippen LogP contribution in [0, 0.1) is 0 Å². The van der Waals surface area contributed by atoms with Crippen LogP contribution in [0.5, 0.6) is 0 Å². The zero-order valence-corrected chi connectivity index (χ0v) is 12.6. The molecule has 17 heavy (non-hydrogen) atoms. The average Bonchev–Trinajstić information content (AvgIpc) is 3.01. The molecule has 0 radical (unpaired) electrons. The Bertz CT molecular complexity index is 626. The van der Waals surface area contributed by atoms with Crippen LogP contribution in [0.1, 0.15) is 0 Å². The predicted octanol–water partition coefficient (Wildman–Crippen LogP) is 0.839. The molecule has 0 atom stereocenters. The van der Waals surface area contributed by atoms with Gasteiger partial charge in [-0.25, -0.2) is 0 Å². The molecule has 3 aromatic rings. The van der Waals surface area contributed by atoms with E-state index in [1.54, 1.807) is 0 Å². The number of fused-ring (bicyclic) bond motifs is 3. The number of hydrogen-bond donors (Lipinski definition) is 2. The molecule has 2 N–H and O–H groups in total. The van der Waals surface area contributed by atoms with Crippen molar-refractivity contribution < 1.29 is 0 Å². The summed E-state index contributed by atoms with van der Waals surface area (Å²) < 4.78 is 4.55. The van der Waals surface area contributed by atoms with Crippen LogP contribution in [-0.4, -0.2) is 31.7 Å². The van der Waals surface area contributed by atoms with Crippen LogP contribution in [0.25, 0.3) is 11.1 Å². The van der Waals surface area contributed by atoms with Crippen LogP contribution in [0.15, 0.2) is 54.9 Å². The van der Waals surface area contributed by atoms with Gasteiger partial charge in [0, 0.05) is 0 Å². The van der Waals surface area contributed by atoms with Gasteiger partial charge in [-0.2, -0.15) is 0 Å². The second-order valence-electron chi connectivity index (χ2n) is 4.15. The molecule has 0 aliphatic carbocycles. The van der Waals surface area contributed by atoms with Crippen molar-refractivity contribution in [3.63, 3.8) is 0 Å². The second-order valence-corrected chi connectivity index (χ2v) is 12.2. The van der Waals surface area contributed by atoms with E-state index in [4.69, 9.17) is 0 Å². The molecule has 2 aromatic heterocycles. The van der Waals surface area contributed by atoms with Gasteiger partial charge in [0.2, 0.25) is 0 Å². The Kier molecular flexibility index (Phi) is 2.03. The van der Waals surface area contributed by atoms with Gasteiger partial charge in [-0.3, -0.25) is 0 Å². The number of rotatable bonds is 1. The summed E-state index contributed by atoms with van der Waals surface area (Å²) in [6, 6.07) is 15.4. The molecule has 1 aliphatic heterocycles. The molecule has 0 unspecified atom stereocenters. The predicted molar refractivity (Wildman–Crippen MR) is 71.7 cm³/mol. The summed E-state index contributed by atoms with van der Waals surface area (Å²) in [4.78, 5) is 6.94. The Hall–Kier alpha value is -1.34. The standard InChI is InChI=1S/C8H6N2.C6H5.Bi/c1-3-9-5-7(1)8-2-4-10-6-8;1-2-4-6-5-3-1;/h1-4,9-10H;1-5H;. The third kappa shape index (κ3) is 1.29. The summed E-state index contributed by atoms with van der Waals surface area (Å²) >= 11 is -1.98. The van der Waals surface area contributed by atoms with Crippen molar-refractivity contribution in [2.24, 2.45) is 0 Å². The van der Waals surface area contributed by atoms with Crippen LogP contribution in [-0.2, 0) is 0 Å². The van der Waals surface area contributed by atoms with Crippen molar-refractivity contribution in [3.8, 4) is 11.1 Å². The summed E-state index contributed by atoms with van der Waals surface area (Å²) in [5, 5.41) is 0. The van der Waals surface area contributed by atoms with Crippen LogP contribution >= 0.6 is 0 Å². The molecule has 0 bridgehead atoms. The van der Waals surface area contributed by atoms with Gasteiger partial charge in [-0.05, 0) is 0 Å². The molecule has 0 saturated carbocycles. The van der Waals surface area contributed by atoms with E-state index in [0.29, 0.717) is 0 Å². The molecular formula is C14H11BiN2. The first-order valence-corrected chi connectivity index (χ1v) is 10.9. The summed E-state index contributed by atoms with van der Waals surface area (Å²) in [5.41, 5.74) is 2.84. The van der Waals surface area contributed by atoms with Crippen LogP contribution in [0.4, 0.5) is 0 Å². The normalized spacial score (nSPS) is 13.6. The minimum atomic E-state index is -1.98. The van der Waals surface area contributed by atoms with Crippen molar-refractivity contribution in [1.82, 2.24) is 9.97 Å². The number of benzene rings is 1. The van der Waals surface area contributed by atoms with Crippen LogP contribution in [0.3, 0.4) is 0 Å². The summed E-state index contributed by atoms with van der Waals surface area (Å²) in [6.45, 7) is 0. The Balaban J connectivity index is 1.99. The maximum atomic E-state index is 3.47. The Morgan fingerprint density at radius 1 is 0.706 bits per heavy atom. The van der Waals surface area contributed by atoms with E-state index < -0.39 is 21.8 Å². The van der Waals surface area contributed by atoms with E-state index >= 15 is 0 Å². The first kappa shape index (κ1) is 9.67. The number of aromatic nitrogens is 2. The number of aromatic amines is 2. The molecule has 1 aromatic carbocycles. The van der Waals surface area contributed by atoms with Gasteiger partial charge in [-0.15, -0.1) is 0 Å². The van der Waals surface area contributed by atoms with E-state index in [2.05, 4.69) is 64.8 Å². The molecule has 0 fully saturated rings. The second kappa shape index (κ2) is 3.58. The van der Waals surface area contributed by atoms with Crippen LogP contribution in [0.2, 0.25) is 0 Å². The van der Waals surface area contributed by atoms with Gasteiger partial charge < -0.3 is 0 Å².